The molecular formula is C18H24N4OS. The van der Waals surface area contributed by atoms with E-state index in [1.807, 2.05) is 25.1 Å². The Morgan fingerprint density at radius 3 is 2.92 bits per heavy atom. The lowest BCUT2D eigenvalue weighted by Gasteiger charge is -2.38. The lowest BCUT2D eigenvalue weighted by molar-refractivity contribution is 0.0694. The predicted octanol–water partition coefficient (Wildman–Crippen LogP) is 3.42. The number of fused-ring (bicyclic) bond motifs is 1. The lowest BCUT2D eigenvalue weighted by Crippen LogP contribution is -2.45. The van der Waals surface area contributed by atoms with E-state index in [4.69, 9.17) is 4.74 Å². The Morgan fingerprint density at radius 2 is 2.21 bits per heavy atom. The molecule has 0 radical (unpaired) electrons. The van der Waals surface area contributed by atoms with E-state index < -0.39 is 0 Å². The largest absolute Gasteiger partial charge is 0.487 e. The molecule has 1 aliphatic rings. The van der Waals surface area contributed by atoms with E-state index in [9.17, 15) is 0 Å². The molecular weight excluding hydrogens is 320 g/mol. The van der Waals surface area contributed by atoms with Crippen LogP contribution in [-0.2, 0) is 6.54 Å². The predicted molar refractivity (Wildman–Crippen MR) is 98.7 cm³/mol. The summed E-state index contributed by atoms with van der Waals surface area (Å²) in [6.45, 7) is 6.92. The molecule has 0 fully saturated rings. The normalized spacial score (nSPS) is 19.3. The van der Waals surface area contributed by atoms with Crippen molar-refractivity contribution in [1.29, 1.82) is 0 Å². The summed E-state index contributed by atoms with van der Waals surface area (Å²) in [5.74, 6) is 1.72. The number of ether oxygens (including phenoxy) is 1. The average molecular weight is 344 g/mol. The van der Waals surface area contributed by atoms with Crippen LogP contribution in [0.4, 0.5) is 0 Å². The van der Waals surface area contributed by atoms with Crippen LogP contribution in [-0.4, -0.2) is 23.6 Å². The van der Waals surface area contributed by atoms with Gasteiger partial charge in [0.1, 0.15) is 16.4 Å². The molecule has 1 aromatic heterocycles. The van der Waals surface area contributed by atoms with Crippen LogP contribution in [0.2, 0.25) is 0 Å². The number of hydrogen-bond donors (Lipinski definition) is 2. The molecule has 0 saturated heterocycles. The van der Waals surface area contributed by atoms with E-state index in [0.29, 0.717) is 6.54 Å². The Morgan fingerprint density at radius 1 is 1.42 bits per heavy atom. The molecule has 128 valence electrons. The number of nitrogens with one attached hydrogen (secondary N) is 2. The fourth-order valence-corrected chi connectivity index (χ4v) is 3.65. The van der Waals surface area contributed by atoms with Gasteiger partial charge in [-0.25, -0.2) is 4.98 Å². The lowest BCUT2D eigenvalue weighted by atomic mass is 9.90. The SMILES string of the molecule is CN=C(NCc1nc(C)cs1)NC1CC(C)(C)Oc2ccccc21. The Labute approximate surface area is 147 Å². The van der Waals surface area contributed by atoms with E-state index in [-0.39, 0.29) is 11.6 Å². The first-order valence-corrected chi connectivity index (χ1v) is 9.01. The topological polar surface area (TPSA) is 58.5 Å². The first-order chi connectivity index (χ1) is 11.5. The van der Waals surface area contributed by atoms with Crippen molar-refractivity contribution < 1.29 is 4.74 Å². The number of para-hydroxylation sites is 1. The zero-order valence-electron chi connectivity index (χ0n) is 14.6. The van der Waals surface area contributed by atoms with Crippen molar-refractivity contribution in [1.82, 2.24) is 15.6 Å². The number of nitrogens with zero attached hydrogens (tertiary/aromatic N) is 2. The third kappa shape index (κ3) is 3.87. The zero-order chi connectivity index (χ0) is 17.2. The summed E-state index contributed by atoms with van der Waals surface area (Å²) in [7, 11) is 1.79. The van der Waals surface area contributed by atoms with E-state index in [2.05, 4.69) is 45.9 Å². The number of thiazole rings is 1. The second kappa shape index (κ2) is 6.81. The summed E-state index contributed by atoms with van der Waals surface area (Å²) in [6, 6.07) is 8.35. The molecule has 1 aliphatic heterocycles. The molecule has 0 bridgehead atoms. The van der Waals surface area contributed by atoms with E-state index >= 15 is 0 Å². The molecule has 0 spiro atoms. The Hall–Kier alpha value is -2.08. The minimum atomic E-state index is -0.211. The number of aromatic nitrogens is 1. The van der Waals surface area contributed by atoms with E-state index in [0.717, 1.165) is 28.8 Å². The van der Waals surface area contributed by atoms with Crippen molar-refractivity contribution in [2.45, 2.75) is 45.4 Å². The van der Waals surface area contributed by atoms with Gasteiger partial charge >= 0.3 is 0 Å². The molecule has 1 aromatic carbocycles. The second-order valence-electron chi connectivity index (χ2n) is 6.61. The molecule has 0 aliphatic carbocycles. The number of aliphatic imine (C=N–C) groups is 1. The minimum absolute atomic E-state index is 0.161. The maximum Gasteiger partial charge on any atom is 0.191 e. The molecule has 1 unspecified atom stereocenters. The zero-order valence-corrected chi connectivity index (χ0v) is 15.4. The number of guanidine groups is 1. The van der Waals surface area contributed by atoms with Crippen LogP contribution in [0.25, 0.3) is 0 Å². The van der Waals surface area contributed by atoms with Crippen LogP contribution in [0.3, 0.4) is 0 Å². The fourth-order valence-electron chi connectivity index (χ4n) is 2.93. The van der Waals surface area contributed by atoms with Gasteiger partial charge in [-0.15, -0.1) is 11.3 Å². The molecule has 2 N–H and O–H groups in total. The van der Waals surface area contributed by atoms with Gasteiger partial charge < -0.3 is 15.4 Å². The molecule has 0 amide bonds. The van der Waals surface area contributed by atoms with Gasteiger partial charge in [-0.3, -0.25) is 4.99 Å². The highest BCUT2D eigenvalue weighted by molar-refractivity contribution is 7.09. The van der Waals surface area contributed by atoms with E-state index in [1.165, 1.54) is 5.56 Å². The van der Waals surface area contributed by atoms with Crippen molar-refractivity contribution in [3.63, 3.8) is 0 Å². The van der Waals surface area contributed by atoms with Gasteiger partial charge in [0.25, 0.3) is 0 Å². The van der Waals surface area contributed by atoms with Crippen LogP contribution in [0.5, 0.6) is 5.75 Å². The first-order valence-electron chi connectivity index (χ1n) is 8.13. The van der Waals surface area contributed by atoms with Crippen molar-refractivity contribution in [3.8, 4) is 5.75 Å². The first kappa shape index (κ1) is 16.8. The second-order valence-corrected chi connectivity index (χ2v) is 7.55. The average Bonchev–Trinajstić information content (AvgIpc) is 2.95. The quantitative estimate of drug-likeness (QED) is 0.662. The third-order valence-corrected chi connectivity index (χ3v) is 4.95. The number of aryl methyl sites for hydroxylation is 1. The number of hydrogen-bond acceptors (Lipinski definition) is 4. The summed E-state index contributed by atoms with van der Waals surface area (Å²) < 4.78 is 6.09. The Balaban J connectivity index is 1.71. The van der Waals surface area contributed by atoms with Gasteiger partial charge in [-0.1, -0.05) is 18.2 Å². The van der Waals surface area contributed by atoms with Gasteiger partial charge in [-0.2, -0.15) is 0 Å². The van der Waals surface area contributed by atoms with E-state index in [1.54, 1.807) is 18.4 Å². The Kier molecular flexibility index (Phi) is 4.76. The van der Waals surface area contributed by atoms with Crippen molar-refractivity contribution in [3.05, 3.63) is 45.9 Å². The molecule has 2 aromatic rings. The maximum atomic E-state index is 6.09. The van der Waals surface area contributed by atoms with Gasteiger partial charge in [0.05, 0.1) is 12.6 Å². The Bertz CT molecular complexity index is 738. The molecule has 5 nitrogen and oxygen atoms in total. The minimum Gasteiger partial charge on any atom is -0.487 e. The molecule has 0 saturated carbocycles. The summed E-state index contributed by atoms with van der Waals surface area (Å²) in [4.78, 5) is 8.83. The fraction of sp³-hybridized carbons (Fsp3) is 0.444. The third-order valence-electron chi connectivity index (χ3n) is 3.98. The van der Waals surface area contributed by atoms with Gasteiger partial charge in [0.2, 0.25) is 0 Å². The summed E-state index contributed by atoms with van der Waals surface area (Å²) >= 11 is 1.66. The maximum absolute atomic E-state index is 6.09. The summed E-state index contributed by atoms with van der Waals surface area (Å²) in [5, 5.41) is 10.00. The number of rotatable bonds is 3. The van der Waals surface area contributed by atoms with Crippen molar-refractivity contribution in [2.75, 3.05) is 7.05 Å². The van der Waals surface area contributed by atoms with Crippen molar-refractivity contribution >= 4 is 17.3 Å². The standard InChI is InChI=1S/C18H24N4OS/c1-12-11-24-16(21-12)10-20-17(19-4)22-14-9-18(2,3)23-15-8-6-5-7-13(14)15/h5-8,11,14H,9-10H2,1-4H3,(H2,19,20,22). The highest BCUT2D eigenvalue weighted by atomic mass is 32.1. The molecule has 1 atom stereocenters. The highest BCUT2D eigenvalue weighted by Gasteiger charge is 2.33. The summed E-state index contributed by atoms with van der Waals surface area (Å²) in [6.07, 6.45) is 0.876. The van der Waals surface area contributed by atoms with Crippen LogP contribution < -0.4 is 15.4 Å². The van der Waals surface area contributed by atoms with Crippen LogP contribution in [0.15, 0.2) is 34.6 Å². The monoisotopic (exact) mass is 344 g/mol. The molecule has 2 heterocycles. The molecule has 6 heteroatoms. The smallest absolute Gasteiger partial charge is 0.191 e. The van der Waals surface area contributed by atoms with Crippen LogP contribution >= 0.6 is 11.3 Å². The number of benzene rings is 1. The molecule has 3 rings (SSSR count). The van der Waals surface area contributed by atoms with Crippen LogP contribution in [0.1, 0.15) is 42.6 Å². The molecule has 24 heavy (non-hydrogen) atoms. The van der Waals surface area contributed by atoms with Gasteiger partial charge in [0, 0.05) is 30.1 Å². The van der Waals surface area contributed by atoms with Gasteiger partial charge in [0.15, 0.2) is 5.96 Å². The van der Waals surface area contributed by atoms with Crippen LogP contribution in [0, 0.1) is 6.92 Å². The highest BCUT2D eigenvalue weighted by Crippen LogP contribution is 2.39. The van der Waals surface area contributed by atoms with Crippen molar-refractivity contribution in [2.24, 2.45) is 4.99 Å². The summed E-state index contributed by atoms with van der Waals surface area (Å²) in [5.41, 5.74) is 2.02. The van der Waals surface area contributed by atoms with Gasteiger partial charge in [-0.05, 0) is 26.8 Å².